The molecule has 1 aromatic heterocycles. The Morgan fingerprint density at radius 2 is 1.71 bits per heavy atom. The molecule has 0 amide bonds. The Balaban J connectivity index is 1.71. The molecular weight excluding hydrogens is 265 g/mol. The lowest BCUT2D eigenvalue weighted by atomic mass is 10.1. The van der Waals surface area contributed by atoms with Crippen molar-refractivity contribution in [2.45, 2.75) is 13.5 Å². The summed E-state index contributed by atoms with van der Waals surface area (Å²) in [5, 5.41) is 3.28. The number of furan rings is 1. The highest BCUT2D eigenvalue weighted by molar-refractivity contribution is 5.58. The van der Waals surface area contributed by atoms with Crippen molar-refractivity contribution in [2.75, 3.05) is 5.32 Å². The van der Waals surface area contributed by atoms with E-state index in [1.807, 2.05) is 18.2 Å². The second-order valence-electron chi connectivity index (χ2n) is 4.97. The Kier molecular flexibility index (Phi) is 3.73. The van der Waals surface area contributed by atoms with Crippen LogP contribution in [-0.4, -0.2) is 0 Å². The van der Waals surface area contributed by atoms with Crippen LogP contribution in [0.15, 0.2) is 65.1 Å². The number of halogens is 1. The van der Waals surface area contributed by atoms with E-state index in [0.29, 0.717) is 17.9 Å². The summed E-state index contributed by atoms with van der Waals surface area (Å²) >= 11 is 0. The van der Waals surface area contributed by atoms with Crippen LogP contribution in [0, 0.1) is 12.7 Å². The predicted octanol–water partition coefficient (Wildman–Crippen LogP) is 5.01. The fourth-order valence-electron chi connectivity index (χ4n) is 2.14. The van der Waals surface area contributed by atoms with Crippen molar-refractivity contribution in [3.05, 3.63) is 77.8 Å². The maximum absolute atomic E-state index is 13.7. The van der Waals surface area contributed by atoms with Crippen molar-refractivity contribution >= 4 is 5.69 Å². The number of nitrogens with one attached hydrogen (secondary N) is 1. The van der Waals surface area contributed by atoms with Gasteiger partial charge in [0, 0.05) is 5.69 Å². The van der Waals surface area contributed by atoms with E-state index in [1.165, 1.54) is 11.6 Å². The van der Waals surface area contributed by atoms with Gasteiger partial charge < -0.3 is 9.73 Å². The van der Waals surface area contributed by atoms with Gasteiger partial charge in [0.05, 0.1) is 12.1 Å². The maximum atomic E-state index is 13.7. The average Bonchev–Trinajstić information content (AvgIpc) is 2.96. The van der Waals surface area contributed by atoms with Crippen LogP contribution in [0.3, 0.4) is 0 Å². The van der Waals surface area contributed by atoms with Crippen molar-refractivity contribution in [1.29, 1.82) is 0 Å². The molecule has 2 aromatic carbocycles. The van der Waals surface area contributed by atoms with Gasteiger partial charge in [0.1, 0.15) is 17.3 Å². The molecule has 106 valence electrons. The Morgan fingerprint density at radius 1 is 0.952 bits per heavy atom. The van der Waals surface area contributed by atoms with Gasteiger partial charge in [-0.2, -0.15) is 0 Å². The lowest BCUT2D eigenvalue weighted by Gasteiger charge is -2.04. The van der Waals surface area contributed by atoms with Gasteiger partial charge in [-0.25, -0.2) is 4.39 Å². The number of rotatable bonds is 4. The van der Waals surface area contributed by atoms with Crippen LogP contribution in [0.4, 0.5) is 10.1 Å². The van der Waals surface area contributed by atoms with E-state index in [9.17, 15) is 4.39 Å². The smallest absolute Gasteiger partial charge is 0.137 e. The minimum Gasteiger partial charge on any atom is -0.459 e. The molecule has 0 aliphatic heterocycles. The van der Waals surface area contributed by atoms with Crippen molar-refractivity contribution in [2.24, 2.45) is 0 Å². The molecule has 0 aliphatic carbocycles. The zero-order chi connectivity index (χ0) is 14.7. The van der Waals surface area contributed by atoms with Crippen LogP contribution < -0.4 is 5.32 Å². The first-order chi connectivity index (χ1) is 10.2. The molecule has 0 atom stereocenters. The third kappa shape index (κ3) is 3.14. The molecule has 0 spiro atoms. The summed E-state index contributed by atoms with van der Waals surface area (Å²) in [6.07, 6.45) is 0. The number of hydrogen-bond donors (Lipinski definition) is 1. The predicted molar refractivity (Wildman–Crippen MR) is 82.6 cm³/mol. The van der Waals surface area contributed by atoms with E-state index >= 15 is 0 Å². The summed E-state index contributed by atoms with van der Waals surface area (Å²) in [7, 11) is 0. The number of benzene rings is 2. The standard InChI is InChI=1S/C18H16FNO/c1-13-6-8-14(9-7-13)20-12-15-10-11-18(21-15)16-4-2-3-5-17(16)19/h2-11,20H,12H2,1H3. The zero-order valence-electron chi connectivity index (χ0n) is 11.8. The van der Waals surface area contributed by atoms with Crippen LogP contribution in [0.5, 0.6) is 0 Å². The monoisotopic (exact) mass is 281 g/mol. The fraction of sp³-hybridized carbons (Fsp3) is 0.111. The summed E-state index contributed by atoms with van der Waals surface area (Å²) in [5.74, 6) is 1.05. The van der Waals surface area contributed by atoms with Crippen molar-refractivity contribution in [1.82, 2.24) is 0 Å². The average molecular weight is 281 g/mol. The van der Waals surface area contributed by atoms with E-state index in [1.54, 1.807) is 24.3 Å². The topological polar surface area (TPSA) is 25.2 Å². The van der Waals surface area contributed by atoms with Gasteiger partial charge in [0.2, 0.25) is 0 Å². The highest BCUT2D eigenvalue weighted by atomic mass is 19.1. The Labute approximate surface area is 123 Å². The summed E-state index contributed by atoms with van der Waals surface area (Å²) in [5.41, 5.74) is 2.74. The molecule has 1 N–H and O–H groups in total. The molecule has 2 nitrogen and oxygen atoms in total. The van der Waals surface area contributed by atoms with Gasteiger partial charge in [-0.05, 0) is 43.3 Å². The Hall–Kier alpha value is -2.55. The van der Waals surface area contributed by atoms with Crippen molar-refractivity contribution < 1.29 is 8.81 Å². The quantitative estimate of drug-likeness (QED) is 0.727. The Bertz CT molecular complexity index is 731. The molecule has 3 aromatic rings. The Morgan fingerprint density at radius 3 is 2.48 bits per heavy atom. The van der Waals surface area contributed by atoms with Gasteiger partial charge in [-0.3, -0.25) is 0 Å². The van der Waals surface area contributed by atoms with E-state index in [0.717, 1.165) is 11.4 Å². The summed E-state index contributed by atoms with van der Waals surface area (Å²) < 4.78 is 19.4. The second-order valence-corrected chi connectivity index (χ2v) is 4.97. The molecule has 0 aliphatic rings. The van der Waals surface area contributed by atoms with Gasteiger partial charge in [0.25, 0.3) is 0 Å². The highest BCUT2D eigenvalue weighted by Gasteiger charge is 2.08. The van der Waals surface area contributed by atoms with Crippen LogP contribution in [0.1, 0.15) is 11.3 Å². The van der Waals surface area contributed by atoms with Gasteiger partial charge in [-0.15, -0.1) is 0 Å². The minimum atomic E-state index is -0.273. The molecule has 0 radical (unpaired) electrons. The van der Waals surface area contributed by atoms with Crippen LogP contribution in [-0.2, 0) is 6.54 Å². The van der Waals surface area contributed by atoms with Crippen molar-refractivity contribution in [3.8, 4) is 11.3 Å². The highest BCUT2D eigenvalue weighted by Crippen LogP contribution is 2.25. The third-order valence-corrected chi connectivity index (χ3v) is 3.32. The molecule has 0 saturated heterocycles. The van der Waals surface area contributed by atoms with E-state index in [-0.39, 0.29) is 5.82 Å². The molecule has 21 heavy (non-hydrogen) atoms. The number of hydrogen-bond acceptors (Lipinski definition) is 2. The summed E-state index contributed by atoms with van der Waals surface area (Å²) in [6, 6.07) is 18.4. The number of aryl methyl sites for hydroxylation is 1. The zero-order valence-corrected chi connectivity index (χ0v) is 11.8. The SMILES string of the molecule is Cc1ccc(NCc2ccc(-c3ccccc3F)o2)cc1. The van der Waals surface area contributed by atoms with Crippen LogP contribution in [0.2, 0.25) is 0 Å². The molecule has 0 bridgehead atoms. The maximum Gasteiger partial charge on any atom is 0.137 e. The molecule has 0 unspecified atom stereocenters. The normalized spacial score (nSPS) is 10.6. The van der Waals surface area contributed by atoms with Crippen LogP contribution in [0.25, 0.3) is 11.3 Å². The molecular formula is C18H16FNO. The van der Waals surface area contributed by atoms with Crippen molar-refractivity contribution in [3.63, 3.8) is 0 Å². The number of anilines is 1. The summed E-state index contributed by atoms with van der Waals surface area (Å²) in [6.45, 7) is 2.62. The summed E-state index contributed by atoms with van der Waals surface area (Å²) in [4.78, 5) is 0. The van der Waals surface area contributed by atoms with E-state index in [4.69, 9.17) is 4.42 Å². The lowest BCUT2D eigenvalue weighted by molar-refractivity contribution is 0.525. The first-order valence-electron chi connectivity index (χ1n) is 6.86. The van der Waals surface area contributed by atoms with Gasteiger partial charge in [0.15, 0.2) is 0 Å². The van der Waals surface area contributed by atoms with Gasteiger partial charge >= 0.3 is 0 Å². The first-order valence-corrected chi connectivity index (χ1v) is 6.86. The van der Waals surface area contributed by atoms with Gasteiger partial charge in [-0.1, -0.05) is 29.8 Å². The van der Waals surface area contributed by atoms with E-state index in [2.05, 4.69) is 24.4 Å². The third-order valence-electron chi connectivity index (χ3n) is 3.32. The molecule has 3 heteroatoms. The fourth-order valence-corrected chi connectivity index (χ4v) is 2.14. The molecule has 3 rings (SSSR count). The molecule has 0 saturated carbocycles. The largest absolute Gasteiger partial charge is 0.459 e. The molecule has 1 heterocycles. The van der Waals surface area contributed by atoms with E-state index < -0.39 is 0 Å². The molecule has 0 fully saturated rings. The second kappa shape index (κ2) is 5.83. The minimum absolute atomic E-state index is 0.273. The van der Waals surface area contributed by atoms with Crippen LogP contribution >= 0.6 is 0 Å². The first kappa shape index (κ1) is 13.4. The lowest BCUT2D eigenvalue weighted by Crippen LogP contribution is -1.97.